The lowest BCUT2D eigenvalue weighted by atomic mass is 10.1. The number of benzene rings is 1. The van der Waals surface area contributed by atoms with Crippen molar-refractivity contribution in [2.75, 3.05) is 25.4 Å². The minimum Gasteiger partial charge on any atom is -0.489 e. The molecule has 0 aliphatic carbocycles. The Balaban J connectivity index is 1.42. The highest BCUT2D eigenvalue weighted by atomic mass is 35.5. The largest absolute Gasteiger partial charge is 0.489 e. The van der Waals surface area contributed by atoms with Crippen molar-refractivity contribution in [3.8, 4) is 11.4 Å². The summed E-state index contributed by atoms with van der Waals surface area (Å²) < 4.78 is 69.9. The Morgan fingerprint density at radius 3 is 2.51 bits per heavy atom. The molecule has 0 spiro atoms. The first-order valence-corrected chi connectivity index (χ1v) is 13.8. The number of ether oxygens (including phenoxy) is 1. The van der Waals surface area contributed by atoms with Crippen LogP contribution in [0.25, 0.3) is 5.69 Å². The quantitative estimate of drug-likeness (QED) is 0.550. The van der Waals surface area contributed by atoms with Gasteiger partial charge in [0.2, 0.25) is 5.96 Å². The van der Waals surface area contributed by atoms with Crippen molar-refractivity contribution in [1.29, 1.82) is 0 Å². The number of sulfone groups is 1. The number of aromatic nitrogens is 1. The van der Waals surface area contributed by atoms with Gasteiger partial charge in [-0.3, -0.25) is 14.4 Å². The third-order valence-electron chi connectivity index (χ3n) is 6.30. The summed E-state index contributed by atoms with van der Waals surface area (Å²) in [6.07, 6.45) is -0.380. The van der Waals surface area contributed by atoms with Crippen LogP contribution in [0.4, 0.5) is 13.2 Å². The summed E-state index contributed by atoms with van der Waals surface area (Å²) in [6.45, 7) is 2.25. The molecule has 1 aromatic carbocycles. The number of guanidine groups is 1. The zero-order valence-electron chi connectivity index (χ0n) is 20.0. The van der Waals surface area contributed by atoms with E-state index in [1.807, 2.05) is 4.90 Å². The molecule has 1 saturated heterocycles. The molecule has 1 fully saturated rings. The van der Waals surface area contributed by atoms with E-state index in [0.29, 0.717) is 44.0 Å². The number of rotatable bonds is 5. The molecular weight excluding hydrogens is 533 g/mol. The lowest BCUT2D eigenvalue weighted by Crippen LogP contribution is -2.37. The van der Waals surface area contributed by atoms with Gasteiger partial charge in [-0.1, -0.05) is 18.5 Å². The van der Waals surface area contributed by atoms with Gasteiger partial charge in [-0.25, -0.2) is 13.4 Å². The molecule has 1 aromatic heterocycles. The van der Waals surface area contributed by atoms with Crippen LogP contribution in [0.2, 0.25) is 5.02 Å². The number of aliphatic imine (C=N–C) groups is 2. The van der Waals surface area contributed by atoms with Crippen molar-refractivity contribution in [3.05, 3.63) is 51.9 Å². The smallest absolute Gasteiger partial charge is 0.398 e. The predicted molar refractivity (Wildman–Crippen MR) is 135 cm³/mol. The average Bonchev–Trinajstić information content (AvgIpc) is 3.11. The van der Waals surface area contributed by atoms with Crippen molar-refractivity contribution < 1.29 is 26.3 Å². The number of likely N-dealkylation sites (tertiary alicyclic amines) is 1. The van der Waals surface area contributed by atoms with Crippen molar-refractivity contribution >= 4 is 33.6 Å². The molecule has 8 nitrogen and oxygen atoms in total. The number of alkyl halides is 3. The van der Waals surface area contributed by atoms with Gasteiger partial charge in [0.25, 0.3) is 5.56 Å². The van der Waals surface area contributed by atoms with E-state index < -0.39 is 27.5 Å². The summed E-state index contributed by atoms with van der Waals surface area (Å²) in [5.41, 5.74) is 0.0612. The Morgan fingerprint density at radius 2 is 1.89 bits per heavy atom. The van der Waals surface area contributed by atoms with Crippen molar-refractivity contribution in [3.63, 3.8) is 0 Å². The van der Waals surface area contributed by atoms with Crippen LogP contribution in [0.5, 0.6) is 5.75 Å². The summed E-state index contributed by atoms with van der Waals surface area (Å²) in [5.74, 6) is -1.17. The first kappa shape index (κ1) is 27.2. The van der Waals surface area contributed by atoms with Gasteiger partial charge in [0.05, 0.1) is 22.2 Å². The van der Waals surface area contributed by atoms with Gasteiger partial charge in [-0.15, -0.1) is 0 Å². The maximum Gasteiger partial charge on any atom is 0.398 e. The van der Waals surface area contributed by atoms with E-state index in [0.717, 1.165) is 6.21 Å². The number of nitrogens with zero attached hydrogens (tertiary/aromatic N) is 4. The number of hydrogen-bond acceptors (Lipinski definition) is 7. The van der Waals surface area contributed by atoms with E-state index >= 15 is 0 Å². The first-order chi connectivity index (χ1) is 17.5. The number of hydrogen-bond donors (Lipinski definition) is 0. The van der Waals surface area contributed by atoms with Crippen LogP contribution in [-0.4, -0.2) is 67.7 Å². The van der Waals surface area contributed by atoms with Crippen LogP contribution in [-0.2, 0) is 9.84 Å². The Hall–Kier alpha value is -2.86. The Bertz CT molecular complexity index is 1360. The van der Waals surface area contributed by atoms with Crippen LogP contribution in [0.1, 0.15) is 26.2 Å². The second-order valence-electron chi connectivity index (χ2n) is 8.82. The standard InChI is InChI=1S/C24H26ClF3N4O4S/c1-2-37(34,35)19-7-5-17(6-8-19)32-15-20(25)21(12-22(32)33)36-18-4-3-10-31(11-9-18)23-29-13-16(14-30-23)24(26,27)28/h5-8,12-13,15-16,18H,2-4,9-11,14H2,1H3. The van der Waals surface area contributed by atoms with E-state index in [2.05, 4.69) is 9.98 Å². The second kappa shape index (κ2) is 10.9. The molecule has 3 heterocycles. The molecule has 0 radical (unpaired) electrons. The van der Waals surface area contributed by atoms with Gasteiger partial charge in [-0.2, -0.15) is 13.2 Å². The molecule has 13 heteroatoms. The molecule has 4 rings (SSSR count). The lowest BCUT2D eigenvalue weighted by Gasteiger charge is -2.25. The second-order valence-corrected chi connectivity index (χ2v) is 11.5. The van der Waals surface area contributed by atoms with E-state index in [1.54, 1.807) is 6.92 Å². The van der Waals surface area contributed by atoms with Gasteiger partial charge >= 0.3 is 6.18 Å². The van der Waals surface area contributed by atoms with Crippen LogP contribution >= 0.6 is 11.6 Å². The van der Waals surface area contributed by atoms with E-state index in [4.69, 9.17) is 16.3 Å². The Kier molecular flexibility index (Phi) is 7.98. The third kappa shape index (κ3) is 6.35. The Labute approximate surface area is 217 Å². The van der Waals surface area contributed by atoms with E-state index in [-0.39, 0.29) is 34.1 Å². The predicted octanol–water partition coefficient (Wildman–Crippen LogP) is 4.14. The number of pyridine rings is 1. The molecule has 2 aromatic rings. The highest BCUT2D eigenvalue weighted by molar-refractivity contribution is 7.91. The van der Waals surface area contributed by atoms with Crippen molar-refractivity contribution in [2.45, 2.75) is 43.4 Å². The minimum atomic E-state index is -4.36. The third-order valence-corrected chi connectivity index (χ3v) is 8.33. The highest BCUT2D eigenvalue weighted by Gasteiger charge is 2.39. The normalized spacial score (nSPS) is 20.9. The van der Waals surface area contributed by atoms with E-state index in [9.17, 15) is 26.4 Å². The lowest BCUT2D eigenvalue weighted by molar-refractivity contribution is -0.151. The van der Waals surface area contributed by atoms with Crippen molar-refractivity contribution in [1.82, 2.24) is 9.47 Å². The van der Waals surface area contributed by atoms with Gasteiger partial charge in [-0.05, 0) is 37.1 Å². The maximum absolute atomic E-state index is 12.8. The molecule has 2 atom stereocenters. The zero-order chi connectivity index (χ0) is 26.8. The van der Waals surface area contributed by atoms with Crippen LogP contribution in [0.3, 0.4) is 0 Å². The van der Waals surface area contributed by atoms with Crippen LogP contribution < -0.4 is 10.3 Å². The molecule has 0 saturated carbocycles. The topological polar surface area (TPSA) is 93.3 Å². The zero-order valence-corrected chi connectivity index (χ0v) is 21.6. The summed E-state index contributed by atoms with van der Waals surface area (Å²) in [7, 11) is -3.36. The minimum absolute atomic E-state index is 0.0249. The molecule has 2 unspecified atom stereocenters. The summed E-state index contributed by atoms with van der Waals surface area (Å²) in [6, 6.07) is 7.25. The molecule has 37 heavy (non-hydrogen) atoms. The molecule has 2 aliphatic rings. The average molecular weight is 559 g/mol. The molecule has 200 valence electrons. The molecule has 0 bridgehead atoms. The van der Waals surface area contributed by atoms with Gasteiger partial charge in [0, 0.05) is 43.7 Å². The highest BCUT2D eigenvalue weighted by Crippen LogP contribution is 2.29. The number of halogens is 4. The van der Waals surface area contributed by atoms with Gasteiger partial charge in [0.1, 0.15) is 17.8 Å². The fraction of sp³-hybridized carbons (Fsp3) is 0.458. The SMILES string of the molecule is CCS(=O)(=O)c1ccc(-n2cc(Cl)c(OC3CCCN(C4=NCC(C(F)(F)F)C=N4)CC3)cc2=O)cc1. The molecule has 0 amide bonds. The fourth-order valence-electron chi connectivity index (χ4n) is 4.12. The maximum atomic E-state index is 12.8. The van der Waals surface area contributed by atoms with Crippen LogP contribution in [0, 0.1) is 5.92 Å². The Morgan fingerprint density at radius 1 is 1.16 bits per heavy atom. The summed E-state index contributed by atoms with van der Waals surface area (Å²) in [4.78, 5) is 22.8. The van der Waals surface area contributed by atoms with Gasteiger partial charge in [0.15, 0.2) is 9.84 Å². The molecule has 0 N–H and O–H groups in total. The summed E-state index contributed by atoms with van der Waals surface area (Å²) >= 11 is 6.42. The van der Waals surface area contributed by atoms with Crippen molar-refractivity contribution in [2.24, 2.45) is 15.9 Å². The molecular formula is C24H26ClF3N4O4S. The van der Waals surface area contributed by atoms with Gasteiger partial charge < -0.3 is 9.64 Å². The van der Waals surface area contributed by atoms with Crippen LogP contribution in [0.15, 0.2) is 56.2 Å². The molecule has 2 aliphatic heterocycles. The summed E-state index contributed by atoms with van der Waals surface area (Å²) in [5, 5.41) is 0.213. The first-order valence-electron chi connectivity index (χ1n) is 11.8. The monoisotopic (exact) mass is 558 g/mol. The fourth-order valence-corrected chi connectivity index (χ4v) is 5.20. The van der Waals surface area contributed by atoms with E-state index in [1.165, 1.54) is 41.1 Å².